The van der Waals surface area contributed by atoms with Crippen LogP contribution in [0, 0.1) is 0 Å². The Hall–Kier alpha value is -0.700. The van der Waals surface area contributed by atoms with E-state index in [1.807, 2.05) is 0 Å². The molecular weight excluding hydrogens is 272 g/mol. The van der Waals surface area contributed by atoms with E-state index in [-0.39, 0.29) is 31.2 Å². The zero-order chi connectivity index (χ0) is 14.3. The Morgan fingerprint density at radius 2 is 2.00 bits per heavy atom. The van der Waals surface area contributed by atoms with Gasteiger partial charge in [0.2, 0.25) is 15.9 Å². The maximum atomic E-state index is 12.0. The third kappa shape index (κ3) is 5.06. The van der Waals surface area contributed by atoms with Gasteiger partial charge >= 0.3 is 0 Å². The number of morpholine rings is 1. The number of aliphatic hydroxyl groups is 1. The highest BCUT2D eigenvalue weighted by Gasteiger charge is 2.25. The summed E-state index contributed by atoms with van der Waals surface area (Å²) in [6, 6.07) is 0. The molecule has 1 N–H and O–H groups in total. The maximum Gasteiger partial charge on any atom is 0.223 e. The summed E-state index contributed by atoms with van der Waals surface area (Å²) in [7, 11) is -3.39. The zero-order valence-electron chi connectivity index (χ0n) is 11.2. The van der Waals surface area contributed by atoms with Crippen LogP contribution in [-0.4, -0.2) is 80.4 Å². The number of ether oxygens (including phenoxy) is 1. The van der Waals surface area contributed by atoms with Gasteiger partial charge in [-0.3, -0.25) is 4.79 Å². The number of nitrogens with zero attached hydrogens (tertiary/aromatic N) is 2. The summed E-state index contributed by atoms with van der Waals surface area (Å²) in [6.45, 7) is 3.90. The summed E-state index contributed by atoms with van der Waals surface area (Å²) >= 11 is 0. The third-order valence-electron chi connectivity index (χ3n) is 3.04. The monoisotopic (exact) mass is 294 g/mol. The predicted molar refractivity (Wildman–Crippen MR) is 70.1 cm³/mol. The summed E-state index contributed by atoms with van der Waals surface area (Å²) in [6.07, 6.45) is -0.0481. The van der Waals surface area contributed by atoms with Gasteiger partial charge in [-0.2, -0.15) is 4.31 Å². The Morgan fingerprint density at radius 1 is 1.37 bits per heavy atom. The van der Waals surface area contributed by atoms with Crippen molar-refractivity contribution in [3.63, 3.8) is 0 Å². The summed E-state index contributed by atoms with van der Waals surface area (Å²) < 4.78 is 30.5. The Morgan fingerprint density at radius 3 is 2.53 bits per heavy atom. The van der Waals surface area contributed by atoms with Crippen LogP contribution in [0.1, 0.15) is 13.3 Å². The van der Waals surface area contributed by atoms with Crippen LogP contribution < -0.4 is 0 Å². The summed E-state index contributed by atoms with van der Waals surface area (Å²) in [5.74, 6) is -0.429. The van der Waals surface area contributed by atoms with Crippen molar-refractivity contribution in [2.75, 3.05) is 51.8 Å². The molecule has 0 aromatic carbocycles. The highest BCUT2D eigenvalue weighted by Crippen LogP contribution is 2.08. The van der Waals surface area contributed by atoms with Crippen LogP contribution in [0.25, 0.3) is 0 Å². The molecule has 19 heavy (non-hydrogen) atoms. The molecule has 0 aromatic heterocycles. The highest BCUT2D eigenvalue weighted by atomic mass is 32.2. The Balaban J connectivity index is 2.47. The smallest absolute Gasteiger partial charge is 0.223 e. The van der Waals surface area contributed by atoms with Crippen molar-refractivity contribution in [2.24, 2.45) is 0 Å². The number of likely N-dealkylation sites (N-methyl/N-ethyl adjacent to an activating group) is 1. The molecule has 1 fully saturated rings. The van der Waals surface area contributed by atoms with Crippen molar-refractivity contribution < 1.29 is 23.1 Å². The molecule has 0 radical (unpaired) electrons. The summed E-state index contributed by atoms with van der Waals surface area (Å²) in [5.41, 5.74) is 0. The first-order valence-corrected chi connectivity index (χ1v) is 8.06. The third-order valence-corrected chi connectivity index (χ3v) is 4.91. The lowest BCUT2D eigenvalue weighted by molar-refractivity contribution is -0.131. The largest absolute Gasteiger partial charge is 0.395 e. The molecule has 0 atom stereocenters. The Bertz CT molecular complexity index is 379. The molecule has 1 aliphatic rings. The number of aliphatic hydroxyl groups excluding tert-OH is 1. The van der Waals surface area contributed by atoms with Gasteiger partial charge in [-0.25, -0.2) is 8.42 Å². The molecule has 112 valence electrons. The number of carbonyl (C=O) groups excluding carboxylic acids is 1. The van der Waals surface area contributed by atoms with Crippen LogP contribution in [0.4, 0.5) is 0 Å². The maximum absolute atomic E-state index is 12.0. The van der Waals surface area contributed by atoms with Gasteiger partial charge in [0.1, 0.15) is 0 Å². The molecular formula is C11H22N2O5S. The lowest BCUT2D eigenvalue weighted by Crippen LogP contribution is -2.43. The van der Waals surface area contributed by atoms with E-state index in [0.717, 1.165) is 0 Å². The minimum Gasteiger partial charge on any atom is -0.395 e. The number of rotatable bonds is 7. The second-order valence-corrected chi connectivity index (χ2v) is 6.36. The SMILES string of the molecule is CCN(CCO)C(=O)CCS(=O)(=O)N1CCOCC1. The molecule has 1 aliphatic heterocycles. The van der Waals surface area contributed by atoms with Crippen molar-refractivity contribution in [3.8, 4) is 0 Å². The zero-order valence-corrected chi connectivity index (χ0v) is 12.1. The second kappa shape index (κ2) is 7.78. The molecule has 1 rings (SSSR count). The number of sulfonamides is 1. The fraction of sp³-hybridized carbons (Fsp3) is 0.909. The molecule has 0 aliphatic carbocycles. The van der Waals surface area contributed by atoms with Crippen molar-refractivity contribution in [2.45, 2.75) is 13.3 Å². The highest BCUT2D eigenvalue weighted by molar-refractivity contribution is 7.89. The molecule has 1 heterocycles. The van der Waals surface area contributed by atoms with Gasteiger partial charge in [-0.1, -0.05) is 0 Å². The van der Waals surface area contributed by atoms with Gasteiger partial charge in [0.05, 0.1) is 25.6 Å². The van der Waals surface area contributed by atoms with Crippen LogP contribution in [0.2, 0.25) is 0 Å². The second-order valence-electron chi connectivity index (χ2n) is 4.27. The lowest BCUT2D eigenvalue weighted by Gasteiger charge is -2.26. The standard InChI is InChI=1S/C11H22N2O5S/c1-2-12(4-7-14)11(15)3-10-19(16,17)13-5-8-18-9-6-13/h14H,2-10H2,1H3. The van der Waals surface area contributed by atoms with Gasteiger partial charge in [-0.05, 0) is 6.92 Å². The van der Waals surface area contributed by atoms with Crippen molar-refractivity contribution in [1.82, 2.24) is 9.21 Å². The van der Waals surface area contributed by atoms with Crippen LogP contribution >= 0.6 is 0 Å². The molecule has 0 saturated carbocycles. The molecule has 8 heteroatoms. The minimum absolute atomic E-state index is 0.0481. The van der Waals surface area contributed by atoms with Gasteiger partial charge in [-0.15, -0.1) is 0 Å². The average molecular weight is 294 g/mol. The first-order valence-electron chi connectivity index (χ1n) is 6.45. The van der Waals surface area contributed by atoms with E-state index in [1.165, 1.54) is 9.21 Å². The predicted octanol–water partition coefficient (Wildman–Crippen LogP) is -1.12. The number of hydrogen-bond donors (Lipinski definition) is 1. The van der Waals surface area contributed by atoms with Crippen molar-refractivity contribution in [3.05, 3.63) is 0 Å². The molecule has 1 amide bonds. The quantitative estimate of drug-likeness (QED) is 0.642. The average Bonchev–Trinajstić information content (AvgIpc) is 2.43. The Kier molecular flexibility index (Phi) is 6.70. The summed E-state index contributed by atoms with van der Waals surface area (Å²) in [5, 5.41) is 8.81. The van der Waals surface area contributed by atoms with Gasteiger partial charge < -0.3 is 14.7 Å². The lowest BCUT2D eigenvalue weighted by atomic mass is 10.4. The van der Waals surface area contributed by atoms with Crippen LogP contribution in [0.5, 0.6) is 0 Å². The molecule has 0 bridgehead atoms. The van der Waals surface area contributed by atoms with Crippen LogP contribution in [-0.2, 0) is 19.6 Å². The van der Waals surface area contributed by atoms with Crippen LogP contribution in [0.15, 0.2) is 0 Å². The molecule has 0 spiro atoms. The number of amides is 1. The Labute approximate surface area is 114 Å². The van der Waals surface area contributed by atoms with Crippen molar-refractivity contribution >= 4 is 15.9 Å². The minimum atomic E-state index is -3.39. The van der Waals surface area contributed by atoms with Gasteiger partial charge in [0, 0.05) is 32.6 Å². The van der Waals surface area contributed by atoms with E-state index in [0.29, 0.717) is 32.8 Å². The fourth-order valence-electron chi connectivity index (χ4n) is 1.91. The number of hydrogen-bond acceptors (Lipinski definition) is 5. The molecule has 0 aromatic rings. The molecule has 1 saturated heterocycles. The normalized spacial score (nSPS) is 17.4. The topological polar surface area (TPSA) is 87.2 Å². The van der Waals surface area contributed by atoms with E-state index in [9.17, 15) is 13.2 Å². The van der Waals surface area contributed by atoms with E-state index in [1.54, 1.807) is 6.92 Å². The first kappa shape index (κ1) is 16.4. The van der Waals surface area contributed by atoms with E-state index in [2.05, 4.69) is 0 Å². The van der Waals surface area contributed by atoms with E-state index >= 15 is 0 Å². The van der Waals surface area contributed by atoms with E-state index < -0.39 is 10.0 Å². The first-order chi connectivity index (χ1) is 9.01. The number of carbonyl (C=O) groups is 1. The molecule has 0 unspecified atom stereocenters. The summed E-state index contributed by atoms with van der Waals surface area (Å²) in [4.78, 5) is 13.3. The van der Waals surface area contributed by atoms with Gasteiger partial charge in [0.15, 0.2) is 0 Å². The van der Waals surface area contributed by atoms with Crippen LogP contribution in [0.3, 0.4) is 0 Å². The van der Waals surface area contributed by atoms with E-state index in [4.69, 9.17) is 9.84 Å². The van der Waals surface area contributed by atoms with Crippen molar-refractivity contribution in [1.29, 1.82) is 0 Å². The molecule has 7 nitrogen and oxygen atoms in total. The van der Waals surface area contributed by atoms with Gasteiger partial charge in [0.25, 0.3) is 0 Å². The fourth-order valence-corrected chi connectivity index (χ4v) is 3.30.